The Hall–Kier alpha value is -2.60. The van der Waals surface area contributed by atoms with Crippen LogP contribution in [0.3, 0.4) is 0 Å². The minimum atomic E-state index is -0.772. The summed E-state index contributed by atoms with van der Waals surface area (Å²) in [6, 6.07) is 10.8. The summed E-state index contributed by atoms with van der Waals surface area (Å²) >= 11 is 0. The number of hydrogen-bond acceptors (Lipinski definition) is 5. The fraction of sp³-hybridized carbons (Fsp3) is 0.368. The quantitative estimate of drug-likeness (QED) is 0.842. The number of aromatic nitrogens is 1. The van der Waals surface area contributed by atoms with Crippen molar-refractivity contribution in [1.29, 1.82) is 0 Å². The number of hydrogen-bond donors (Lipinski definition) is 2. The molecule has 1 unspecified atom stereocenters. The average Bonchev–Trinajstić information content (AvgIpc) is 3.21. The van der Waals surface area contributed by atoms with Crippen LogP contribution in [0, 0.1) is 0 Å². The SMILES string of the molecule is COc1ccc(C(O)CNC(=O)c2ccc(N3CCCC3)nc2)cc1. The van der Waals surface area contributed by atoms with Gasteiger partial charge >= 0.3 is 0 Å². The van der Waals surface area contributed by atoms with Crippen LogP contribution in [0.5, 0.6) is 5.75 Å². The molecule has 1 saturated heterocycles. The van der Waals surface area contributed by atoms with Crippen molar-refractivity contribution in [3.8, 4) is 5.75 Å². The van der Waals surface area contributed by atoms with Crippen LogP contribution in [-0.2, 0) is 0 Å². The number of benzene rings is 1. The number of aliphatic hydroxyl groups excluding tert-OH is 1. The predicted octanol–water partition coefficient (Wildman–Crippen LogP) is 2.15. The molecule has 0 saturated carbocycles. The Balaban J connectivity index is 1.54. The van der Waals surface area contributed by atoms with Gasteiger partial charge in [-0.15, -0.1) is 0 Å². The van der Waals surface area contributed by atoms with Gasteiger partial charge in [0.1, 0.15) is 11.6 Å². The molecule has 0 bridgehead atoms. The molecule has 2 aromatic rings. The van der Waals surface area contributed by atoms with Gasteiger partial charge in [0.05, 0.1) is 18.8 Å². The van der Waals surface area contributed by atoms with Crippen LogP contribution >= 0.6 is 0 Å². The van der Waals surface area contributed by atoms with Crippen molar-refractivity contribution in [1.82, 2.24) is 10.3 Å². The molecule has 0 spiro atoms. The number of carbonyl (C=O) groups is 1. The highest BCUT2D eigenvalue weighted by molar-refractivity contribution is 5.94. The number of rotatable bonds is 6. The number of pyridine rings is 1. The van der Waals surface area contributed by atoms with E-state index in [-0.39, 0.29) is 12.5 Å². The third kappa shape index (κ3) is 4.28. The first-order valence-corrected chi connectivity index (χ1v) is 8.48. The molecule has 0 radical (unpaired) electrons. The molecule has 6 heteroatoms. The van der Waals surface area contributed by atoms with Crippen LogP contribution in [-0.4, -0.2) is 42.7 Å². The molecule has 1 aliphatic heterocycles. The third-order valence-electron chi connectivity index (χ3n) is 4.40. The summed E-state index contributed by atoms with van der Waals surface area (Å²) in [7, 11) is 1.59. The van der Waals surface area contributed by atoms with Crippen molar-refractivity contribution in [3.05, 3.63) is 53.7 Å². The highest BCUT2D eigenvalue weighted by Gasteiger charge is 2.15. The molecule has 25 heavy (non-hydrogen) atoms. The molecule has 1 amide bonds. The van der Waals surface area contributed by atoms with E-state index >= 15 is 0 Å². The number of carbonyl (C=O) groups excluding carboxylic acids is 1. The lowest BCUT2D eigenvalue weighted by Crippen LogP contribution is -2.28. The number of ether oxygens (including phenoxy) is 1. The van der Waals surface area contributed by atoms with E-state index in [4.69, 9.17) is 4.74 Å². The van der Waals surface area contributed by atoms with Crippen molar-refractivity contribution in [3.63, 3.8) is 0 Å². The summed E-state index contributed by atoms with van der Waals surface area (Å²) in [4.78, 5) is 18.8. The molecule has 132 valence electrons. The molecule has 1 atom stereocenters. The third-order valence-corrected chi connectivity index (χ3v) is 4.40. The Morgan fingerprint density at radius 3 is 2.56 bits per heavy atom. The topological polar surface area (TPSA) is 74.7 Å². The largest absolute Gasteiger partial charge is 0.497 e. The molecular weight excluding hydrogens is 318 g/mol. The van der Waals surface area contributed by atoms with Crippen LogP contribution in [0.15, 0.2) is 42.6 Å². The predicted molar refractivity (Wildman–Crippen MR) is 96.0 cm³/mol. The van der Waals surface area contributed by atoms with E-state index in [1.807, 2.05) is 6.07 Å². The molecule has 0 aliphatic carbocycles. The lowest BCUT2D eigenvalue weighted by molar-refractivity contribution is 0.0916. The van der Waals surface area contributed by atoms with E-state index < -0.39 is 6.10 Å². The van der Waals surface area contributed by atoms with E-state index in [2.05, 4.69) is 15.2 Å². The minimum absolute atomic E-state index is 0.138. The second-order valence-electron chi connectivity index (χ2n) is 6.10. The first kappa shape index (κ1) is 17.2. The van der Waals surface area contributed by atoms with Gasteiger partial charge in [0, 0.05) is 25.8 Å². The van der Waals surface area contributed by atoms with Gasteiger partial charge in [-0.1, -0.05) is 12.1 Å². The lowest BCUT2D eigenvalue weighted by Gasteiger charge is -2.16. The molecule has 2 heterocycles. The highest BCUT2D eigenvalue weighted by Crippen LogP contribution is 2.18. The number of anilines is 1. The summed E-state index contributed by atoms with van der Waals surface area (Å²) in [6.07, 6.45) is 3.19. The summed E-state index contributed by atoms with van der Waals surface area (Å²) in [5.41, 5.74) is 1.22. The summed E-state index contributed by atoms with van der Waals surface area (Å²) < 4.78 is 5.09. The Labute approximate surface area is 147 Å². The van der Waals surface area contributed by atoms with E-state index in [0.717, 1.165) is 30.2 Å². The summed E-state index contributed by atoms with van der Waals surface area (Å²) in [6.45, 7) is 2.18. The van der Waals surface area contributed by atoms with Crippen molar-refractivity contribution in [2.24, 2.45) is 0 Å². The molecular formula is C19H23N3O3. The maximum atomic E-state index is 12.2. The van der Waals surface area contributed by atoms with E-state index in [0.29, 0.717) is 5.56 Å². The van der Waals surface area contributed by atoms with E-state index in [1.165, 1.54) is 12.8 Å². The Morgan fingerprint density at radius 1 is 1.24 bits per heavy atom. The first-order chi connectivity index (χ1) is 12.2. The molecule has 6 nitrogen and oxygen atoms in total. The smallest absolute Gasteiger partial charge is 0.252 e. The van der Waals surface area contributed by atoms with Gasteiger partial charge in [-0.3, -0.25) is 4.79 Å². The number of amides is 1. The van der Waals surface area contributed by atoms with Crippen LogP contribution < -0.4 is 15.0 Å². The Bertz CT molecular complexity index is 695. The van der Waals surface area contributed by atoms with Gasteiger partial charge < -0.3 is 20.1 Å². The molecule has 3 rings (SSSR count). The maximum absolute atomic E-state index is 12.2. The summed E-state index contributed by atoms with van der Waals surface area (Å²) in [5.74, 6) is 1.39. The van der Waals surface area contributed by atoms with Crippen molar-refractivity contribution in [2.45, 2.75) is 18.9 Å². The van der Waals surface area contributed by atoms with E-state index in [9.17, 15) is 9.90 Å². The van der Waals surface area contributed by atoms with Gasteiger partial charge in [-0.05, 0) is 42.7 Å². The zero-order chi connectivity index (χ0) is 17.6. The maximum Gasteiger partial charge on any atom is 0.252 e. The Morgan fingerprint density at radius 2 is 1.96 bits per heavy atom. The zero-order valence-corrected chi connectivity index (χ0v) is 14.3. The van der Waals surface area contributed by atoms with Crippen LogP contribution in [0.25, 0.3) is 0 Å². The minimum Gasteiger partial charge on any atom is -0.497 e. The molecule has 2 N–H and O–H groups in total. The van der Waals surface area contributed by atoms with Crippen LogP contribution in [0.4, 0.5) is 5.82 Å². The van der Waals surface area contributed by atoms with Crippen LogP contribution in [0.1, 0.15) is 34.9 Å². The molecule has 1 fully saturated rings. The summed E-state index contributed by atoms with van der Waals surface area (Å²) in [5, 5.41) is 12.9. The van der Waals surface area contributed by atoms with Gasteiger partial charge in [0.15, 0.2) is 0 Å². The molecule has 1 aromatic heterocycles. The average molecular weight is 341 g/mol. The number of nitrogens with zero attached hydrogens (tertiary/aromatic N) is 2. The second kappa shape index (κ2) is 7.98. The number of aliphatic hydroxyl groups is 1. The fourth-order valence-electron chi connectivity index (χ4n) is 2.89. The monoisotopic (exact) mass is 341 g/mol. The van der Waals surface area contributed by atoms with E-state index in [1.54, 1.807) is 43.6 Å². The lowest BCUT2D eigenvalue weighted by atomic mass is 10.1. The van der Waals surface area contributed by atoms with Gasteiger partial charge in [0.25, 0.3) is 5.91 Å². The second-order valence-corrected chi connectivity index (χ2v) is 6.10. The van der Waals surface area contributed by atoms with Crippen molar-refractivity contribution < 1.29 is 14.6 Å². The highest BCUT2D eigenvalue weighted by atomic mass is 16.5. The number of methoxy groups -OCH3 is 1. The fourth-order valence-corrected chi connectivity index (χ4v) is 2.89. The standard InChI is InChI=1S/C19H23N3O3/c1-25-16-7-4-14(5-8-16)17(23)13-21-19(24)15-6-9-18(20-12-15)22-10-2-3-11-22/h4-9,12,17,23H,2-3,10-11,13H2,1H3,(H,21,24). The molecule has 1 aliphatic rings. The zero-order valence-electron chi connectivity index (χ0n) is 14.3. The van der Waals surface area contributed by atoms with Crippen molar-refractivity contribution in [2.75, 3.05) is 31.6 Å². The van der Waals surface area contributed by atoms with Gasteiger partial charge in [-0.2, -0.15) is 0 Å². The Kier molecular flexibility index (Phi) is 5.50. The van der Waals surface area contributed by atoms with Gasteiger partial charge in [-0.25, -0.2) is 4.98 Å². The van der Waals surface area contributed by atoms with Crippen molar-refractivity contribution >= 4 is 11.7 Å². The normalized spacial score (nSPS) is 15.0. The number of nitrogens with one attached hydrogen (secondary N) is 1. The molecule has 1 aromatic carbocycles. The van der Waals surface area contributed by atoms with Crippen LogP contribution in [0.2, 0.25) is 0 Å². The first-order valence-electron chi connectivity index (χ1n) is 8.48. The van der Waals surface area contributed by atoms with Gasteiger partial charge in [0.2, 0.25) is 0 Å².